The Morgan fingerprint density at radius 1 is 1.44 bits per heavy atom. The first kappa shape index (κ1) is 23.7. The van der Waals surface area contributed by atoms with E-state index in [2.05, 4.69) is 24.9 Å². The lowest BCUT2D eigenvalue weighted by atomic mass is 10.0. The van der Waals surface area contributed by atoms with Crippen molar-refractivity contribution in [3.8, 4) is 0 Å². The molecule has 1 saturated heterocycles. The number of nitrogens with one attached hydrogen (secondary N) is 1. The molecule has 0 saturated carbocycles. The molecule has 2 atom stereocenters. The maximum atomic E-state index is 13.0. The van der Waals surface area contributed by atoms with E-state index in [1.807, 2.05) is 23.8 Å². The number of aliphatic carboxylic acids is 1. The van der Waals surface area contributed by atoms with Crippen LogP contribution in [0.25, 0.3) is 5.65 Å². The Bertz CT molecular complexity index is 1460. The molecule has 2 aliphatic rings. The number of hydrogen-bond acceptors (Lipinski definition) is 11. The summed E-state index contributed by atoms with van der Waals surface area (Å²) in [4.78, 5) is 48.0. The SMILES string of the molecule is CO/N=C(\C(=O)N[C@@H]1C(=O)N2C(C(=O)O)=C(C[n+]3ccn4nccc(C)c43)CS[C@H]12)c1nsc(N)n1. The largest absolute Gasteiger partial charge is 0.477 e. The summed E-state index contributed by atoms with van der Waals surface area (Å²) in [5.41, 5.74) is 7.64. The maximum Gasteiger partial charge on any atom is 0.352 e. The van der Waals surface area contributed by atoms with E-state index >= 15 is 0 Å². The van der Waals surface area contributed by atoms with Gasteiger partial charge >= 0.3 is 11.6 Å². The summed E-state index contributed by atoms with van der Waals surface area (Å²) in [7, 11) is 1.26. The lowest BCUT2D eigenvalue weighted by Gasteiger charge is -2.49. The van der Waals surface area contributed by atoms with E-state index in [0.29, 0.717) is 11.3 Å². The normalized spacial score (nSPS) is 19.8. The van der Waals surface area contributed by atoms with E-state index in [9.17, 15) is 19.5 Å². The molecular weight excluding hydrogens is 510 g/mol. The monoisotopic (exact) mass is 530 g/mol. The fourth-order valence-electron chi connectivity index (χ4n) is 4.16. The smallest absolute Gasteiger partial charge is 0.352 e. The minimum absolute atomic E-state index is 0.0354. The highest BCUT2D eigenvalue weighted by atomic mass is 32.2. The van der Waals surface area contributed by atoms with E-state index in [0.717, 1.165) is 22.7 Å². The van der Waals surface area contributed by atoms with Crippen molar-refractivity contribution in [1.82, 2.24) is 29.2 Å². The van der Waals surface area contributed by atoms with Crippen LogP contribution >= 0.6 is 23.3 Å². The van der Waals surface area contributed by atoms with Crippen LogP contribution in [-0.4, -0.2) is 76.8 Å². The molecular formula is C20H20N9O5S2+. The van der Waals surface area contributed by atoms with Crippen molar-refractivity contribution in [1.29, 1.82) is 0 Å². The zero-order valence-electron chi connectivity index (χ0n) is 19.0. The predicted octanol–water partition coefficient (Wildman–Crippen LogP) is -0.847. The van der Waals surface area contributed by atoms with E-state index in [4.69, 9.17) is 10.6 Å². The Hall–Kier alpha value is -4.05. The second kappa shape index (κ2) is 9.19. The van der Waals surface area contributed by atoms with Crippen LogP contribution in [-0.2, 0) is 25.8 Å². The van der Waals surface area contributed by atoms with Gasteiger partial charge in [0.1, 0.15) is 37.0 Å². The standard InChI is InChI=1S/C20H19N9O5S2/c1-9-3-4-22-28-6-5-27(16(9)28)7-10-8-35-18-12(17(31)29(18)13(10)19(32)33)23-15(30)11(25-34-2)14-24-20(21)36-26-14/h3-6,12,18H,7-8H2,1-2H3,(H3-,21,23,24,26,30,32,33)/p+1/b25-11-/t12-,18-/m1/s1. The van der Waals surface area contributed by atoms with Gasteiger partial charge in [0.25, 0.3) is 11.8 Å². The molecule has 0 unspecified atom stereocenters. The number of oxime groups is 1. The quantitative estimate of drug-likeness (QED) is 0.151. The average molecular weight is 531 g/mol. The van der Waals surface area contributed by atoms with Gasteiger partial charge in [0.05, 0.1) is 6.20 Å². The molecule has 36 heavy (non-hydrogen) atoms. The number of rotatable bonds is 7. The Kier molecular flexibility index (Phi) is 6.05. The van der Waals surface area contributed by atoms with Crippen molar-refractivity contribution in [2.24, 2.45) is 5.16 Å². The van der Waals surface area contributed by atoms with E-state index in [1.165, 1.54) is 23.8 Å². The number of carboxylic acids is 1. The summed E-state index contributed by atoms with van der Waals surface area (Å²) in [5.74, 6) is -2.17. The number of β-lactam (4-membered cyclic amide) rings is 1. The van der Waals surface area contributed by atoms with Crippen LogP contribution in [0.15, 0.2) is 41.1 Å². The summed E-state index contributed by atoms with van der Waals surface area (Å²) < 4.78 is 7.56. The predicted molar refractivity (Wildman–Crippen MR) is 128 cm³/mol. The van der Waals surface area contributed by atoms with Crippen LogP contribution in [0.4, 0.5) is 5.13 Å². The molecule has 5 heterocycles. The Labute approximate surface area is 211 Å². The highest BCUT2D eigenvalue weighted by Crippen LogP contribution is 2.40. The number of nitrogens with zero attached hydrogens (tertiary/aromatic N) is 7. The van der Waals surface area contributed by atoms with Gasteiger partial charge < -0.3 is 21.0 Å². The van der Waals surface area contributed by atoms with Gasteiger partial charge in [-0.25, -0.2) is 9.36 Å². The van der Waals surface area contributed by atoms with Crippen LogP contribution in [0, 0.1) is 6.92 Å². The van der Waals surface area contributed by atoms with Gasteiger partial charge in [-0.1, -0.05) is 10.3 Å². The number of carbonyl (C=O) groups excluding carboxylic acids is 2. The molecule has 4 N–H and O–H groups in total. The fraction of sp³-hybridized carbons (Fsp3) is 0.300. The fourth-order valence-corrected chi connectivity index (χ4v) is 5.93. The lowest BCUT2D eigenvalue weighted by molar-refractivity contribution is -0.663. The van der Waals surface area contributed by atoms with Crippen molar-refractivity contribution in [2.45, 2.75) is 24.9 Å². The lowest BCUT2D eigenvalue weighted by Crippen LogP contribution is -2.71. The van der Waals surface area contributed by atoms with Gasteiger partial charge in [-0.2, -0.15) is 9.36 Å². The number of carbonyl (C=O) groups is 3. The minimum Gasteiger partial charge on any atom is -0.477 e. The number of nitrogen functional groups attached to an aromatic ring is 1. The number of amides is 2. The molecule has 2 amide bonds. The molecule has 14 nitrogen and oxygen atoms in total. The zero-order valence-corrected chi connectivity index (χ0v) is 20.6. The summed E-state index contributed by atoms with van der Waals surface area (Å²) >= 11 is 2.25. The summed E-state index contributed by atoms with van der Waals surface area (Å²) in [6.45, 7) is 2.21. The number of imidazole rings is 1. The first-order valence-corrected chi connectivity index (χ1v) is 12.4. The van der Waals surface area contributed by atoms with Gasteiger partial charge in [0.2, 0.25) is 11.5 Å². The van der Waals surface area contributed by atoms with Crippen molar-refractivity contribution in [2.75, 3.05) is 18.6 Å². The maximum absolute atomic E-state index is 13.0. The van der Waals surface area contributed by atoms with Crippen molar-refractivity contribution >= 4 is 57.6 Å². The number of fused-ring (bicyclic) bond motifs is 2. The number of hydrogen-bond donors (Lipinski definition) is 3. The molecule has 186 valence electrons. The molecule has 0 radical (unpaired) electrons. The molecule has 0 aliphatic carbocycles. The first-order valence-electron chi connectivity index (χ1n) is 10.5. The van der Waals surface area contributed by atoms with Gasteiger partial charge in [0, 0.05) is 28.4 Å². The van der Waals surface area contributed by atoms with Gasteiger partial charge in [-0.15, -0.1) is 16.3 Å². The zero-order chi connectivity index (χ0) is 25.6. The molecule has 16 heteroatoms. The number of anilines is 1. The van der Waals surface area contributed by atoms with Crippen LogP contribution in [0.3, 0.4) is 0 Å². The molecule has 0 aromatic carbocycles. The first-order chi connectivity index (χ1) is 17.3. The van der Waals surface area contributed by atoms with Crippen LogP contribution < -0.4 is 15.6 Å². The molecule has 2 aliphatic heterocycles. The number of nitrogens with two attached hydrogens (primary N) is 1. The van der Waals surface area contributed by atoms with Crippen LogP contribution in [0.1, 0.15) is 11.4 Å². The highest BCUT2D eigenvalue weighted by molar-refractivity contribution is 8.00. The molecule has 3 aromatic rings. The third kappa shape index (κ3) is 3.93. The molecule has 0 bridgehead atoms. The van der Waals surface area contributed by atoms with Crippen LogP contribution in [0.2, 0.25) is 0 Å². The third-order valence-electron chi connectivity index (χ3n) is 5.69. The summed E-state index contributed by atoms with van der Waals surface area (Å²) in [6.07, 6.45) is 5.28. The third-order valence-corrected chi connectivity index (χ3v) is 7.58. The second-order valence-electron chi connectivity index (χ2n) is 7.91. The number of carboxylic acid groups (broad SMARTS) is 1. The topological polar surface area (TPSA) is 181 Å². The van der Waals surface area contributed by atoms with Crippen molar-refractivity contribution < 1.29 is 28.9 Å². The van der Waals surface area contributed by atoms with E-state index < -0.39 is 29.2 Å². The van der Waals surface area contributed by atoms with Gasteiger partial charge in [-0.3, -0.25) is 14.5 Å². The minimum atomic E-state index is -1.21. The summed E-state index contributed by atoms with van der Waals surface area (Å²) in [5, 5.41) is 20.1. The van der Waals surface area contributed by atoms with Crippen molar-refractivity contribution in [3.05, 3.63) is 47.3 Å². The Balaban J connectivity index is 1.38. The molecule has 5 rings (SSSR count). The van der Waals surface area contributed by atoms with Crippen molar-refractivity contribution in [3.63, 3.8) is 0 Å². The molecule has 3 aromatic heterocycles. The second-order valence-corrected chi connectivity index (χ2v) is 9.79. The number of thioether (sulfide) groups is 1. The van der Waals surface area contributed by atoms with E-state index in [1.54, 1.807) is 16.9 Å². The Morgan fingerprint density at radius 3 is 2.94 bits per heavy atom. The summed E-state index contributed by atoms with van der Waals surface area (Å²) in [6, 6.07) is 0.915. The van der Waals surface area contributed by atoms with Gasteiger partial charge in [0.15, 0.2) is 11.3 Å². The number of aryl methyl sites for hydroxylation is 1. The molecule has 0 spiro atoms. The average Bonchev–Trinajstić information content (AvgIpc) is 3.47. The highest BCUT2D eigenvalue weighted by Gasteiger charge is 2.54. The number of aromatic nitrogens is 5. The van der Waals surface area contributed by atoms with E-state index in [-0.39, 0.29) is 28.9 Å². The Morgan fingerprint density at radius 2 is 2.25 bits per heavy atom. The van der Waals surface area contributed by atoms with Gasteiger partial charge in [-0.05, 0) is 13.0 Å². The van der Waals surface area contributed by atoms with Crippen LogP contribution in [0.5, 0.6) is 0 Å². The molecule has 1 fully saturated rings.